The second-order valence-corrected chi connectivity index (χ2v) is 5.76. The molecule has 4 nitrogen and oxygen atoms in total. The van der Waals surface area contributed by atoms with E-state index in [1.165, 1.54) is 19.3 Å². The predicted octanol–water partition coefficient (Wildman–Crippen LogP) is 3.32. The molecule has 0 amide bonds. The summed E-state index contributed by atoms with van der Waals surface area (Å²) < 4.78 is 0. The van der Waals surface area contributed by atoms with Crippen molar-refractivity contribution in [1.29, 1.82) is 0 Å². The van der Waals surface area contributed by atoms with Gasteiger partial charge in [-0.05, 0) is 57.4 Å². The summed E-state index contributed by atoms with van der Waals surface area (Å²) in [6.07, 6.45) is 4.73. The van der Waals surface area contributed by atoms with Crippen molar-refractivity contribution in [2.45, 2.75) is 51.4 Å². The quantitative estimate of drug-likeness (QED) is 0.838. The fourth-order valence-electron chi connectivity index (χ4n) is 2.98. The molecule has 0 unspecified atom stereocenters. The summed E-state index contributed by atoms with van der Waals surface area (Å²) >= 11 is 0. The second-order valence-electron chi connectivity index (χ2n) is 5.76. The van der Waals surface area contributed by atoms with Crippen molar-refractivity contribution in [3.05, 3.63) is 47.0 Å². The van der Waals surface area contributed by atoms with Gasteiger partial charge in [-0.1, -0.05) is 6.42 Å². The molecule has 1 aliphatic rings. The lowest BCUT2D eigenvalue weighted by Gasteiger charge is -2.28. The van der Waals surface area contributed by atoms with E-state index in [0.29, 0.717) is 11.8 Å². The van der Waals surface area contributed by atoms with E-state index in [4.69, 9.17) is 0 Å². The van der Waals surface area contributed by atoms with Crippen molar-refractivity contribution in [2.75, 3.05) is 0 Å². The normalized spacial score (nSPS) is 22.7. The molecule has 2 aromatic heterocycles. The number of aromatic nitrogens is 4. The molecule has 104 valence electrons. The van der Waals surface area contributed by atoms with E-state index in [2.05, 4.69) is 44.7 Å². The minimum Gasteiger partial charge on any atom is -0.156 e. The van der Waals surface area contributed by atoms with Crippen LogP contribution < -0.4 is 0 Å². The van der Waals surface area contributed by atoms with Crippen molar-refractivity contribution in [1.82, 2.24) is 20.4 Å². The third kappa shape index (κ3) is 2.84. The second kappa shape index (κ2) is 5.65. The molecule has 0 saturated heterocycles. The Hall–Kier alpha value is -1.84. The fraction of sp³-hybridized carbons (Fsp3) is 0.500. The molecule has 1 aliphatic carbocycles. The zero-order valence-corrected chi connectivity index (χ0v) is 12.1. The van der Waals surface area contributed by atoms with Gasteiger partial charge >= 0.3 is 0 Å². The van der Waals surface area contributed by atoms with Crippen molar-refractivity contribution < 1.29 is 0 Å². The van der Waals surface area contributed by atoms with E-state index in [9.17, 15) is 0 Å². The minimum absolute atomic E-state index is 0.505. The summed E-state index contributed by atoms with van der Waals surface area (Å²) in [5.74, 6) is 1.01. The Labute approximate surface area is 119 Å². The molecule has 0 bridgehead atoms. The lowest BCUT2D eigenvalue weighted by molar-refractivity contribution is 0.379. The third-order valence-corrected chi connectivity index (χ3v) is 4.15. The zero-order valence-electron chi connectivity index (χ0n) is 12.1. The highest BCUT2D eigenvalue weighted by atomic mass is 15.1. The summed E-state index contributed by atoms with van der Waals surface area (Å²) in [6, 6.07) is 8.35. The van der Waals surface area contributed by atoms with Crippen LogP contribution in [-0.4, -0.2) is 20.4 Å². The van der Waals surface area contributed by atoms with Crippen LogP contribution in [-0.2, 0) is 0 Å². The summed E-state index contributed by atoms with van der Waals surface area (Å²) in [4.78, 5) is 0. The van der Waals surface area contributed by atoms with Gasteiger partial charge in [0.25, 0.3) is 0 Å². The van der Waals surface area contributed by atoms with E-state index in [1.807, 2.05) is 13.8 Å². The van der Waals surface area contributed by atoms with Crippen LogP contribution >= 0.6 is 0 Å². The van der Waals surface area contributed by atoms with E-state index in [0.717, 1.165) is 29.2 Å². The Kier molecular flexibility index (Phi) is 3.72. The molecule has 0 radical (unpaired) electrons. The lowest BCUT2D eigenvalue weighted by Crippen LogP contribution is -2.15. The lowest BCUT2D eigenvalue weighted by atomic mass is 9.78. The first-order valence-corrected chi connectivity index (χ1v) is 7.33. The average molecular weight is 268 g/mol. The van der Waals surface area contributed by atoms with Gasteiger partial charge in [0.05, 0.1) is 22.8 Å². The van der Waals surface area contributed by atoms with E-state index < -0.39 is 0 Å². The van der Waals surface area contributed by atoms with Gasteiger partial charge in [0.2, 0.25) is 0 Å². The van der Waals surface area contributed by atoms with E-state index >= 15 is 0 Å². The van der Waals surface area contributed by atoms with E-state index in [1.54, 1.807) is 0 Å². The van der Waals surface area contributed by atoms with Crippen molar-refractivity contribution >= 4 is 0 Å². The average Bonchev–Trinajstić information content (AvgIpc) is 2.49. The number of nitrogens with zero attached hydrogens (tertiary/aromatic N) is 4. The molecule has 3 rings (SSSR count). The largest absolute Gasteiger partial charge is 0.156 e. The maximum atomic E-state index is 4.36. The zero-order chi connectivity index (χ0) is 13.9. The monoisotopic (exact) mass is 268 g/mol. The summed E-state index contributed by atoms with van der Waals surface area (Å²) in [6.45, 7) is 3.95. The van der Waals surface area contributed by atoms with Crippen LogP contribution in [0.3, 0.4) is 0 Å². The highest BCUT2D eigenvalue weighted by molar-refractivity contribution is 5.16. The van der Waals surface area contributed by atoms with Crippen LogP contribution in [0.5, 0.6) is 0 Å². The Morgan fingerprint density at radius 3 is 1.65 bits per heavy atom. The molecule has 0 aromatic carbocycles. The SMILES string of the molecule is Cc1ccc([C@@H]2CCC[C@@H](c3ccc(C)nn3)C2)nn1. The molecular formula is C16H20N4. The van der Waals surface area contributed by atoms with Crippen LogP contribution in [0.1, 0.15) is 60.3 Å². The molecular weight excluding hydrogens is 248 g/mol. The molecule has 0 N–H and O–H groups in total. The Morgan fingerprint density at radius 1 is 0.750 bits per heavy atom. The van der Waals surface area contributed by atoms with Crippen LogP contribution in [0, 0.1) is 13.8 Å². The first-order valence-electron chi connectivity index (χ1n) is 7.33. The molecule has 2 atom stereocenters. The molecule has 2 heterocycles. The van der Waals surface area contributed by atoms with Crippen molar-refractivity contribution in [3.63, 3.8) is 0 Å². The smallest absolute Gasteiger partial charge is 0.0662 e. The van der Waals surface area contributed by atoms with Gasteiger partial charge < -0.3 is 0 Å². The van der Waals surface area contributed by atoms with Gasteiger partial charge in [0.1, 0.15) is 0 Å². The molecule has 2 aromatic rings. The summed E-state index contributed by atoms with van der Waals surface area (Å²) in [5, 5.41) is 17.1. The van der Waals surface area contributed by atoms with E-state index in [-0.39, 0.29) is 0 Å². The Morgan fingerprint density at radius 2 is 1.25 bits per heavy atom. The molecule has 1 saturated carbocycles. The Balaban J connectivity index is 1.76. The molecule has 0 spiro atoms. The maximum absolute atomic E-state index is 4.36. The number of hydrogen-bond donors (Lipinski definition) is 0. The van der Waals surface area contributed by atoms with Crippen molar-refractivity contribution in [3.8, 4) is 0 Å². The van der Waals surface area contributed by atoms with Gasteiger partial charge in [0.15, 0.2) is 0 Å². The molecule has 4 heteroatoms. The topological polar surface area (TPSA) is 51.6 Å². The van der Waals surface area contributed by atoms with Crippen LogP contribution in [0.15, 0.2) is 24.3 Å². The summed E-state index contributed by atoms with van der Waals surface area (Å²) in [7, 11) is 0. The van der Waals surface area contributed by atoms with Gasteiger partial charge in [-0.2, -0.15) is 20.4 Å². The fourth-order valence-corrected chi connectivity index (χ4v) is 2.98. The van der Waals surface area contributed by atoms with Crippen LogP contribution in [0.4, 0.5) is 0 Å². The third-order valence-electron chi connectivity index (χ3n) is 4.15. The van der Waals surface area contributed by atoms with Gasteiger partial charge in [-0.25, -0.2) is 0 Å². The maximum Gasteiger partial charge on any atom is 0.0662 e. The van der Waals surface area contributed by atoms with Crippen molar-refractivity contribution in [2.24, 2.45) is 0 Å². The van der Waals surface area contributed by atoms with Gasteiger partial charge in [0, 0.05) is 11.8 Å². The number of rotatable bonds is 2. The highest BCUT2D eigenvalue weighted by Gasteiger charge is 2.26. The Bertz CT molecular complexity index is 511. The molecule has 0 aliphatic heterocycles. The number of aryl methyl sites for hydroxylation is 2. The van der Waals surface area contributed by atoms with Crippen LogP contribution in [0.2, 0.25) is 0 Å². The number of hydrogen-bond acceptors (Lipinski definition) is 4. The first kappa shape index (κ1) is 13.2. The first-order chi connectivity index (χ1) is 9.72. The van der Waals surface area contributed by atoms with Gasteiger partial charge in [-0.15, -0.1) is 0 Å². The molecule has 1 fully saturated rings. The van der Waals surface area contributed by atoms with Crippen LogP contribution in [0.25, 0.3) is 0 Å². The summed E-state index contributed by atoms with van der Waals surface area (Å²) in [5.41, 5.74) is 4.21. The molecule has 20 heavy (non-hydrogen) atoms. The predicted molar refractivity (Wildman–Crippen MR) is 77.5 cm³/mol. The standard InChI is InChI=1S/C16H20N4/c1-11-6-8-15(19-17-11)13-4-3-5-14(10-13)16-9-7-12(2)18-20-16/h6-9,13-14H,3-5,10H2,1-2H3/t13-,14-/m1/s1. The van der Waals surface area contributed by atoms with Gasteiger partial charge in [-0.3, -0.25) is 0 Å². The highest BCUT2D eigenvalue weighted by Crippen LogP contribution is 2.39. The minimum atomic E-state index is 0.505.